The minimum absolute atomic E-state index is 0.826. The molecule has 0 aliphatic carbocycles. The van der Waals surface area contributed by atoms with Crippen LogP contribution in [0.15, 0.2) is 0 Å². The molecule has 0 bridgehead atoms. The highest BCUT2D eigenvalue weighted by Gasteiger charge is 2.18. The summed E-state index contributed by atoms with van der Waals surface area (Å²) >= 11 is 0. The van der Waals surface area contributed by atoms with E-state index >= 15 is 0 Å². The number of methoxy groups -OCH3 is 1. The lowest BCUT2D eigenvalue weighted by Crippen LogP contribution is -2.27. The molecule has 1 aliphatic rings. The Labute approximate surface area is 89.6 Å². The van der Waals surface area contributed by atoms with Gasteiger partial charge < -0.3 is 9.64 Å². The van der Waals surface area contributed by atoms with E-state index in [0.717, 1.165) is 12.6 Å². The Morgan fingerprint density at radius 3 is 2.50 bits per heavy atom. The van der Waals surface area contributed by atoms with Crippen molar-refractivity contribution in [2.45, 2.75) is 52.5 Å². The average Bonchev–Trinajstić information content (AvgIpc) is 2.62. The summed E-state index contributed by atoms with van der Waals surface area (Å²) in [6.45, 7) is 9.84. The van der Waals surface area contributed by atoms with Gasteiger partial charge in [0.15, 0.2) is 0 Å². The molecular weight excluding hydrogens is 174 g/mol. The van der Waals surface area contributed by atoms with Crippen LogP contribution in [0.1, 0.15) is 46.5 Å². The second kappa shape index (κ2) is 9.47. The molecule has 2 nitrogen and oxygen atoms in total. The van der Waals surface area contributed by atoms with Crippen LogP contribution in [0.3, 0.4) is 0 Å². The zero-order valence-corrected chi connectivity index (χ0v) is 10.4. The van der Waals surface area contributed by atoms with E-state index in [0.29, 0.717) is 0 Å². The number of nitrogens with zero attached hydrogens (tertiary/aromatic N) is 1. The van der Waals surface area contributed by atoms with Crippen molar-refractivity contribution in [2.75, 3.05) is 26.8 Å². The molecular formula is C12H27NO. The van der Waals surface area contributed by atoms with Crippen LogP contribution in [0, 0.1) is 0 Å². The first-order valence-corrected chi connectivity index (χ1v) is 6.07. The monoisotopic (exact) mass is 201 g/mol. The molecule has 1 rings (SSSR count). The van der Waals surface area contributed by atoms with Crippen LogP contribution in [0.4, 0.5) is 0 Å². The fraction of sp³-hybridized carbons (Fsp3) is 1.00. The van der Waals surface area contributed by atoms with Crippen LogP contribution in [-0.4, -0.2) is 37.7 Å². The molecule has 1 aliphatic heterocycles. The molecule has 0 radical (unpaired) electrons. The van der Waals surface area contributed by atoms with Crippen molar-refractivity contribution in [1.82, 2.24) is 4.90 Å². The fourth-order valence-electron chi connectivity index (χ4n) is 1.89. The number of likely N-dealkylation sites (tertiary alicyclic amines) is 1. The summed E-state index contributed by atoms with van der Waals surface area (Å²) in [5.41, 5.74) is 0. The van der Waals surface area contributed by atoms with E-state index in [1.54, 1.807) is 7.11 Å². The molecule has 0 N–H and O–H groups in total. The highest BCUT2D eigenvalue weighted by atomic mass is 16.5. The zero-order valence-electron chi connectivity index (χ0n) is 10.4. The molecule has 1 unspecified atom stereocenters. The lowest BCUT2D eigenvalue weighted by molar-refractivity contribution is 0.182. The van der Waals surface area contributed by atoms with Crippen molar-refractivity contribution in [3.8, 4) is 0 Å². The molecule has 0 aromatic heterocycles. The highest BCUT2D eigenvalue weighted by molar-refractivity contribution is 4.74. The van der Waals surface area contributed by atoms with Crippen molar-refractivity contribution >= 4 is 0 Å². The van der Waals surface area contributed by atoms with Crippen LogP contribution >= 0.6 is 0 Å². The third-order valence-electron chi connectivity index (χ3n) is 2.73. The number of hydrogen-bond donors (Lipinski definition) is 0. The second-order valence-electron chi connectivity index (χ2n) is 3.73. The lowest BCUT2D eigenvalue weighted by Gasteiger charge is -2.20. The van der Waals surface area contributed by atoms with Crippen LogP contribution in [0.2, 0.25) is 0 Å². The zero-order chi connectivity index (χ0) is 10.8. The van der Waals surface area contributed by atoms with Gasteiger partial charge in [-0.15, -0.1) is 0 Å². The SMILES string of the molecule is CC.COCCCCN1CCCC1C. The summed E-state index contributed by atoms with van der Waals surface area (Å²) in [6.07, 6.45) is 5.29. The van der Waals surface area contributed by atoms with E-state index in [9.17, 15) is 0 Å². The smallest absolute Gasteiger partial charge is 0.0462 e. The van der Waals surface area contributed by atoms with E-state index in [1.807, 2.05) is 13.8 Å². The van der Waals surface area contributed by atoms with E-state index in [1.165, 1.54) is 38.8 Å². The van der Waals surface area contributed by atoms with E-state index in [2.05, 4.69) is 11.8 Å². The molecule has 0 aromatic rings. The van der Waals surface area contributed by atoms with Crippen molar-refractivity contribution in [2.24, 2.45) is 0 Å². The molecule has 0 spiro atoms. The van der Waals surface area contributed by atoms with Gasteiger partial charge in [0.1, 0.15) is 0 Å². The summed E-state index contributed by atoms with van der Waals surface area (Å²) in [4.78, 5) is 2.59. The Balaban J connectivity index is 0.000000791. The highest BCUT2D eigenvalue weighted by Crippen LogP contribution is 2.16. The Hall–Kier alpha value is -0.0800. The average molecular weight is 201 g/mol. The summed E-state index contributed by atoms with van der Waals surface area (Å²) in [7, 11) is 1.78. The quantitative estimate of drug-likeness (QED) is 0.634. The largest absolute Gasteiger partial charge is 0.385 e. The maximum absolute atomic E-state index is 5.01. The fourth-order valence-corrected chi connectivity index (χ4v) is 1.89. The Bertz CT molecular complexity index is 117. The maximum atomic E-state index is 5.01. The molecule has 2 heteroatoms. The van der Waals surface area contributed by atoms with Crippen LogP contribution in [0.5, 0.6) is 0 Å². The van der Waals surface area contributed by atoms with Gasteiger partial charge in [-0.25, -0.2) is 0 Å². The first-order chi connectivity index (χ1) is 6.84. The van der Waals surface area contributed by atoms with E-state index < -0.39 is 0 Å². The lowest BCUT2D eigenvalue weighted by atomic mass is 10.2. The van der Waals surface area contributed by atoms with Gasteiger partial charge in [0.25, 0.3) is 0 Å². The van der Waals surface area contributed by atoms with Crippen LogP contribution in [0.25, 0.3) is 0 Å². The molecule has 0 saturated carbocycles. The van der Waals surface area contributed by atoms with Crippen molar-refractivity contribution in [3.63, 3.8) is 0 Å². The van der Waals surface area contributed by atoms with E-state index in [4.69, 9.17) is 4.74 Å². The van der Waals surface area contributed by atoms with Gasteiger partial charge in [0.05, 0.1) is 0 Å². The van der Waals surface area contributed by atoms with Gasteiger partial charge in [-0.1, -0.05) is 13.8 Å². The van der Waals surface area contributed by atoms with Crippen molar-refractivity contribution in [1.29, 1.82) is 0 Å². The van der Waals surface area contributed by atoms with E-state index in [-0.39, 0.29) is 0 Å². The molecule has 1 atom stereocenters. The van der Waals surface area contributed by atoms with Gasteiger partial charge in [0.2, 0.25) is 0 Å². The van der Waals surface area contributed by atoms with Crippen LogP contribution < -0.4 is 0 Å². The third-order valence-corrected chi connectivity index (χ3v) is 2.73. The second-order valence-corrected chi connectivity index (χ2v) is 3.73. The van der Waals surface area contributed by atoms with Gasteiger partial charge in [-0.3, -0.25) is 0 Å². The first-order valence-electron chi connectivity index (χ1n) is 6.07. The normalized spacial score (nSPS) is 21.9. The summed E-state index contributed by atoms with van der Waals surface area (Å²) in [5, 5.41) is 0. The topological polar surface area (TPSA) is 12.5 Å². The van der Waals surface area contributed by atoms with Crippen molar-refractivity contribution < 1.29 is 4.74 Å². The molecule has 1 heterocycles. The Morgan fingerprint density at radius 2 is 2.00 bits per heavy atom. The third kappa shape index (κ3) is 5.61. The summed E-state index contributed by atoms with van der Waals surface area (Å²) in [6, 6.07) is 0.826. The van der Waals surface area contributed by atoms with Gasteiger partial charge in [-0.2, -0.15) is 0 Å². The molecule has 0 amide bonds. The van der Waals surface area contributed by atoms with Crippen molar-refractivity contribution in [3.05, 3.63) is 0 Å². The predicted molar refractivity (Wildman–Crippen MR) is 62.7 cm³/mol. The maximum Gasteiger partial charge on any atom is 0.0462 e. The Morgan fingerprint density at radius 1 is 1.29 bits per heavy atom. The Kier molecular flexibility index (Phi) is 9.42. The standard InChI is InChI=1S/C10H21NO.C2H6/c1-10-6-5-8-11(10)7-3-4-9-12-2;1-2/h10H,3-9H2,1-2H3;1-2H3. The number of unbranched alkanes of at least 4 members (excludes halogenated alkanes) is 1. The molecule has 1 saturated heterocycles. The molecule has 14 heavy (non-hydrogen) atoms. The number of rotatable bonds is 5. The number of hydrogen-bond acceptors (Lipinski definition) is 2. The van der Waals surface area contributed by atoms with Gasteiger partial charge in [0, 0.05) is 19.8 Å². The number of ether oxygens (including phenoxy) is 1. The van der Waals surface area contributed by atoms with Gasteiger partial charge in [-0.05, 0) is 45.7 Å². The molecule has 0 aromatic carbocycles. The summed E-state index contributed by atoms with van der Waals surface area (Å²) in [5.74, 6) is 0. The predicted octanol–water partition coefficient (Wildman–Crippen LogP) is 2.92. The summed E-state index contributed by atoms with van der Waals surface area (Å²) < 4.78 is 5.01. The molecule has 86 valence electrons. The van der Waals surface area contributed by atoms with Gasteiger partial charge >= 0.3 is 0 Å². The minimum atomic E-state index is 0.826. The minimum Gasteiger partial charge on any atom is -0.385 e. The van der Waals surface area contributed by atoms with Crippen LogP contribution in [-0.2, 0) is 4.74 Å². The first kappa shape index (κ1) is 13.9. The molecule has 1 fully saturated rings.